The number of benzene rings is 2. The summed E-state index contributed by atoms with van der Waals surface area (Å²) in [6.45, 7) is 4.70. The Morgan fingerprint density at radius 1 is 1.18 bits per heavy atom. The van der Waals surface area contributed by atoms with E-state index in [1.165, 1.54) is 0 Å². The lowest BCUT2D eigenvalue weighted by Crippen LogP contribution is -2.44. The molecule has 0 bridgehead atoms. The number of hydrogen-bond donors (Lipinski definition) is 3. The smallest absolute Gasteiger partial charge is 0.407 e. The van der Waals surface area contributed by atoms with Crippen molar-refractivity contribution < 1.29 is 14.3 Å². The number of carbonyl (C=O) groups is 1. The van der Waals surface area contributed by atoms with E-state index < -0.39 is 6.09 Å². The summed E-state index contributed by atoms with van der Waals surface area (Å²) >= 11 is 2.27. The highest BCUT2D eigenvalue weighted by Crippen LogP contribution is 2.22. The summed E-state index contributed by atoms with van der Waals surface area (Å²) in [7, 11) is 0. The molecule has 1 amide bonds. The van der Waals surface area contributed by atoms with Gasteiger partial charge in [0.1, 0.15) is 12.4 Å². The minimum atomic E-state index is -0.427. The number of nitrogens with one attached hydrogen (secondary N) is 2. The number of halogens is 1. The molecule has 0 aliphatic rings. The first kappa shape index (κ1) is 22.4. The highest BCUT2D eigenvalue weighted by molar-refractivity contribution is 14.1. The molecule has 0 heterocycles. The van der Waals surface area contributed by atoms with Crippen LogP contribution in [-0.2, 0) is 17.8 Å². The van der Waals surface area contributed by atoms with Crippen molar-refractivity contribution in [2.24, 2.45) is 5.73 Å². The predicted molar refractivity (Wildman–Crippen MR) is 120 cm³/mol. The molecule has 28 heavy (non-hydrogen) atoms. The van der Waals surface area contributed by atoms with E-state index >= 15 is 0 Å². The van der Waals surface area contributed by atoms with Gasteiger partial charge in [-0.1, -0.05) is 36.4 Å². The molecule has 4 N–H and O–H groups in total. The molecule has 0 fully saturated rings. The Morgan fingerprint density at radius 3 is 2.64 bits per heavy atom. The van der Waals surface area contributed by atoms with Crippen molar-refractivity contribution in [1.82, 2.24) is 10.6 Å². The first-order chi connectivity index (χ1) is 13.6. The number of carbonyl (C=O) groups excluding carboxylic acids is 1. The number of hydrogen-bond acceptors (Lipinski definition) is 5. The fraction of sp³-hybridized carbons (Fsp3) is 0.381. The zero-order valence-electron chi connectivity index (χ0n) is 16.1. The number of ether oxygens (including phenoxy) is 2. The van der Waals surface area contributed by atoms with E-state index in [0.29, 0.717) is 32.7 Å². The van der Waals surface area contributed by atoms with E-state index in [2.05, 4.69) is 39.3 Å². The molecule has 0 aromatic heterocycles. The first-order valence-electron chi connectivity index (χ1n) is 9.41. The van der Waals surface area contributed by atoms with E-state index in [1.807, 2.05) is 49.4 Å². The molecule has 6 nitrogen and oxygen atoms in total. The third-order valence-corrected chi connectivity index (χ3v) is 4.87. The van der Waals surface area contributed by atoms with Gasteiger partial charge in [-0.05, 0) is 59.2 Å². The monoisotopic (exact) mass is 497 g/mol. The molecule has 0 aliphatic heterocycles. The second-order valence-electron chi connectivity index (χ2n) is 6.30. The van der Waals surface area contributed by atoms with E-state index in [1.54, 1.807) is 0 Å². The molecule has 2 aromatic rings. The van der Waals surface area contributed by atoms with E-state index in [0.717, 1.165) is 20.4 Å². The topological polar surface area (TPSA) is 85.6 Å². The van der Waals surface area contributed by atoms with Crippen LogP contribution in [0.15, 0.2) is 48.5 Å². The summed E-state index contributed by atoms with van der Waals surface area (Å²) in [6, 6.07) is 15.6. The third kappa shape index (κ3) is 8.04. The highest BCUT2D eigenvalue weighted by atomic mass is 127. The molecule has 0 spiro atoms. The van der Waals surface area contributed by atoms with E-state index in [9.17, 15) is 4.79 Å². The molecule has 1 atom stereocenters. The van der Waals surface area contributed by atoms with Crippen molar-refractivity contribution >= 4 is 28.7 Å². The Kier molecular flexibility index (Phi) is 10.1. The Labute approximate surface area is 180 Å². The van der Waals surface area contributed by atoms with Crippen molar-refractivity contribution in [2.75, 3.05) is 26.2 Å². The van der Waals surface area contributed by atoms with Crippen molar-refractivity contribution in [2.45, 2.75) is 26.0 Å². The maximum Gasteiger partial charge on any atom is 0.407 e. The Balaban J connectivity index is 1.94. The fourth-order valence-electron chi connectivity index (χ4n) is 2.71. The summed E-state index contributed by atoms with van der Waals surface area (Å²) in [6.07, 6.45) is 0.254. The Hall–Kier alpha value is -1.84. The van der Waals surface area contributed by atoms with Crippen LogP contribution >= 0.6 is 22.6 Å². The summed E-state index contributed by atoms with van der Waals surface area (Å²) in [5.74, 6) is 0.875. The quantitative estimate of drug-likeness (QED) is 0.328. The van der Waals surface area contributed by atoms with Crippen LogP contribution in [0.5, 0.6) is 5.75 Å². The summed E-state index contributed by atoms with van der Waals surface area (Å²) in [5, 5.41) is 6.21. The van der Waals surface area contributed by atoms with Crippen LogP contribution in [0.3, 0.4) is 0 Å². The normalized spacial score (nSPS) is 11.7. The average Bonchev–Trinajstić information content (AvgIpc) is 2.69. The lowest BCUT2D eigenvalue weighted by Gasteiger charge is -2.20. The molecule has 7 heteroatoms. The van der Waals surface area contributed by atoms with Crippen LogP contribution in [0.1, 0.15) is 18.1 Å². The van der Waals surface area contributed by atoms with Crippen molar-refractivity contribution in [3.8, 4) is 5.75 Å². The molecule has 0 saturated carbocycles. The van der Waals surface area contributed by atoms with Crippen LogP contribution in [0.2, 0.25) is 0 Å². The van der Waals surface area contributed by atoms with Crippen LogP contribution in [-0.4, -0.2) is 38.4 Å². The first-order valence-corrected chi connectivity index (χ1v) is 10.5. The zero-order valence-corrected chi connectivity index (χ0v) is 18.3. The lowest BCUT2D eigenvalue weighted by atomic mass is 10.1. The lowest BCUT2D eigenvalue weighted by molar-refractivity contribution is 0.135. The minimum absolute atomic E-state index is 0.108. The van der Waals surface area contributed by atoms with Gasteiger partial charge in [-0.25, -0.2) is 4.79 Å². The van der Waals surface area contributed by atoms with Gasteiger partial charge in [-0.3, -0.25) is 0 Å². The van der Waals surface area contributed by atoms with Gasteiger partial charge in [0.05, 0.1) is 10.2 Å². The molecular weight excluding hydrogens is 469 g/mol. The third-order valence-electron chi connectivity index (χ3n) is 4.02. The zero-order chi connectivity index (χ0) is 20.2. The summed E-state index contributed by atoms with van der Waals surface area (Å²) in [4.78, 5) is 12.2. The molecular formula is C21H28IN3O3. The number of alkyl carbamates (subject to hydrolysis) is 1. The van der Waals surface area contributed by atoms with Crippen molar-refractivity contribution in [3.63, 3.8) is 0 Å². The van der Waals surface area contributed by atoms with Gasteiger partial charge >= 0.3 is 6.09 Å². The van der Waals surface area contributed by atoms with Crippen molar-refractivity contribution in [1.29, 1.82) is 0 Å². The Morgan fingerprint density at radius 2 is 1.96 bits per heavy atom. The van der Waals surface area contributed by atoms with Crippen LogP contribution < -0.4 is 21.1 Å². The average molecular weight is 497 g/mol. The molecule has 152 valence electrons. The number of rotatable bonds is 11. The Bertz CT molecular complexity index is 728. The minimum Gasteiger partial charge on any atom is -0.493 e. The largest absolute Gasteiger partial charge is 0.493 e. The second-order valence-corrected chi connectivity index (χ2v) is 7.46. The molecule has 0 saturated heterocycles. The second kappa shape index (κ2) is 12.6. The maximum atomic E-state index is 12.2. The van der Waals surface area contributed by atoms with Crippen molar-refractivity contribution in [3.05, 3.63) is 63.2 Å². The van der Waals surface area contributed by atoms with Gasteiger partial charge in [-0.2, -0.15) is 0 Å². The summed E-state index contributed by atoms with van der Waals surface area (Å²) in [5.41, 5.74) is 7.63. The predicted octanol–water partition coefficient (Wildman–Crippen LogP) is 3.08. The summed E-state index contributed by atoms with van der Waals surface area (Å²) < 4.78 is 12.0. The fourth-order valence-corrected chi connectivity index (χ4v) is 3.45. The number of nitrogens with two attached hydrogens (primary N) is 1. The van der Waals surface area contributed by atoms with Crippen LogP contribution in [0, 0.1) is 3.57 Å². The number of amides is 1. The van der Waals surface area contributed by atoms with Gasteiger partial charge in [0.25, 0.3) is 0 Å². The van der Waals surface area contributed by atoms with Gasteiger partial charge in [0.15, 0.2) is 0 Å². The molecule has 0 radical (unpaired) electrons. The van der Waals surface area contributed by atoms with Gasteiger partial charge in [0, 0.05) is 25.7 Å². The van der Waals surface area contributed by atoms with E-state index in [4.69, 9.17) is 15.2 Å². The maximum absolute atomic E-state index is 12.2. The van der Waals surface area contributed by atoms with Crippen LogP contribution in [0.25, 0.3) is 0 Å². The molecule has 2 aromatic carbocycles. The highest BCUT2D eigenvalue weighted by Gasteiger charge is 2.15. The van der Waals surface area contributed by atoms with E-state index in [-0.39, 0.29) is 12.6 Å². The molecule has 2 rings (SSSR count). The van der Waals surface area contributed by atoms with Crippen LogP contribution in [0.4, 0.5) is 4.79 Å². The standard InChI is InChI=1S/C21H28IN3O3/c1-2-27-20-9-8-17(13-19(20)22)12-18(14-24-11-10-23)25-21(26)28-15-16-6-4-3-5-7-16/h3-9,13,18,24H,2,10-12,14-15,23H2,1H3,(H,25,26). The molecule has 0 aliphatic carbocycles. The SMILES string of the molecule is CCOc1ccc(CC(CNCCN)NC(=O)OCc2ccccc2)cc1I. The van der Waals surface area contributed by atoms with Gasteiger partial charge in [0.2, 0.25) is 0 Å². The molecule has 1 unspecified atom stereocenters. The van der Waals surface area contributed by atoms with Gasteiger partial charge in [-0.15, -0.1) is 0 Å². The van der Waals surface area contributed by atoms with Gasteiger partial charge < -0.3 is 25.8 Å².